The lowest BCUT2D eigenvalue weighted by molar-refractivity contribution is -0.120. The molecule has 4 N–H and O–H groups in total. The summed E-state index contributed by atoms with van der Waals surface area (Å²) in [5, 5.41) is 12.1. The van der Waals surface area contributed by atoms with Gasteiger partial charge in [-0.25, -0.2) is 0 Å². The van der Waals surface area contributed by atoms with Crippen LogP contribution < -0.4 is 11.1 Å². The van der Waals surface area contributed by atoms with Crippen LogP contribution in [0.5, 0.6) is 5.75 Å². The van der Waals surface area contributed by atoms with E-state index < -0.39 is 5.54 Å². The Balaban J connectivity index is 0.00000225. The lowest BCUT2D eigenvalue weighted by Gasteiger charge is -2.18. The fourth-order valence-electron chi connectivity index (χ4n) is 1.03. The number of aryl methyl sites for hydroxylation is 1. The number of nitrogens with one attached hydrogen (secondary N) is 1. The van der Waals surface area contributed by atoms with E-state index in [1.54, 1.807) is 32.0 Å². The number of anilines is 1. The molecule has 5 heteroatoms. The molecule has 0 unspecified atom stereocenters. The van der Waals surface area contributed by atoms with Crippen LogP contribution in [0.4, 0.5) is 5.69 Å². The molecule has 0 aliphatic heterocycles. The van der Waals surface area contributed by atoms with Crippen LogP contribution in [0.25, 0.3) is 0 Å². The van der Waals surface area contributed by atoms with Gasteiger partial charge in [-0.3, -0.25) is 4.79 Å². The van der Waals surface area contributed by atoms with Gasteiger partial charge in [0.05, 0.1) is 11.2 Å². The standard InChI is InChI=1S/C11H16N2O2.ClH/c1-7-4-5-8(9(14)6-7)13-10(15)11(2,3)12;/h4-6,14H,12H2,1-3H3,(H,13,15);1H. The van der Waals surface area contributed by atoms with Crippen LogP contribution in [0.2, 0.25) is 0 Å². The lowest BCUT2D eigenvalue weighted by Crippen LogP contribution is -2.45. The smallest absolute Gasteiger partial charge is 0.243 e. The number of hydrogen-bond donors (Lipinski definition) is 3. The van der Waals surface area contributed by atoms with Crippen molar-refractivity contribution in [2.45, 2.75) is 26.3 Å². The van der Waals surface area contributed by atoms with Crippen LogP contribution in [0.15, 0.2) is 18.2 Å². The predicted molar refractivity (Wildman–Crippen MR) is 67.0 cm³/mol. The molecule has 0 bridgehead atoms. The second kappa shape index (κ2) is 5.18. The van der Waals surface area contributed by atoms with Gasteiger partial charge in [0.1, 0.15) is 5.75 Å². The van der Waals surface area contributed by atoms with Crippen molar-refractivity contribution in [3.8, 4) is 5.75 Å². The van der Waals surface area contributed by atoms with E-state index >= 15 is 0 Å². The molecule has 0 atom stereocenters. The Morgan fingerprint density at radius 3 is 2.44 bits per heavy atom. The van der Waals surface area contributed by atoms with E-state index in [0.717, 1.165) is 5.56 Å². The highest BCUT2D eigenvalue weighted by molar-refractivity contribution is 5.98. The Morgan fingerprint density at radius 2 is 2.00 bits per heavy atom. The Kier molecular flexibility index (Phi) is 4.78. The van der Waals surface area contributed by atoms with Crippen molar-refractivity contribution in [2.75, 3.05) is 5.32 Å². The molecule has 1 aromatic rings. The largest absolute Gasteiger partial charge is 0.506 e. The van der Waals surface area contributed by atoms with Gasteiger partial charge in [0.2, 0.25) is 5.91 Å². The van der Waals surface area contributed by atoms with Gasteiger partial charge >= 0.3 is 0 Å². The first-order valence-electron chi connectivity index (χ1n) is 4.70. The van der Waals surface area contributed by atoms with Gasteiger partial charge < -0.3 is 16.2 Å². The van der Waals surface area contributed by atoms with E-state index in [4.69, 9.17) is 5.73 Å². The molecule has 0 spiro atoms. The van der Waals surface area contributed by atoms with Crippen LogP contribution >= 0.6 is 12.4 Å². The first-order chi connectivity index (χ1) is 6.80. The minimum absolute atomic E-state index is 0. The number of amides is 1. The average Bonchev–Trinajstić information content (AvgIpc) is 2.08. The Morgan fingerprint density at radius 1 is 1.44 bits per heavy atom. The molecule has 1 aromatic carbocycles. The van der Waals surface area contributed by atoms with E-state index in [-0.39, 0.29) is 24.1 Å². The van der Waals surface area contributed by atoms with Crippen molar-refractivity contribution >= 4 is 24.0 Å². The first-order valence-corrected chi connectivity index (χ1v) is 4.70. The third-order valence-corrected chi connectivity index (χ3v) is 1.99. The van der Waals surface area contributed by atoms with Crippen molar-refractivity contribution in [3.63, 3.8) is 0 Å². The molecule has 0 saturated carbocycles. The van der Waals surface area contributed by atoms with E-state index in [1.165, 1.54) is 0 Å². The summed E-state index contributed by atoms with van der Waals surface area (Å²) in [5.74, 6) is -0.283. The van der Waals surface area contributed by atoms with Crippen molar-refractivity contribution in [1.82, 2.24) is 0 Å². The SMILES string of the molecule is Cc1ccc(NC(=O)C(C)(C)N)c(O)c1.Cl. The van der Waals surface area contributed by atoms with Crippen LogP contribution in [0.1, 0.15) is 19.4 Å². The fraction of sp³-hybridized carbons (Fsp3) is 0.364. The molecule has 0 heterocycles. The summed E-state index contributed by atoms with van der Waals surface area (Å²) in [5.41, 5.74) is 5.96. The summed E-state index contributed by atoms with van der Waals surface area (Å²) < 4.78 is 0. The number of rotatable bonds is 2. The number of phenols is 1. The van der Waals surface area contributed by atoms with E-state index in [2.05, 4.69) is 5.32 Å². The number of benzene rings is 1. The zero-order valence-electron chi connectivity index (χ0n) is 9.57. The third kappa shape index (κ3) is 3.72. The third-order valence-electron chi connectivity index (χ3n) is 1.99. The van der Waals surface area contributed by atoms with E-state index in [9.17, 15) is 9.90 Å². The molecule has 0 fully saturated rings. The van der Waals surface area contributed by atoms with Crippen LogP contribution in [0.3, 0.4) is 0 Å². The number of halogens is 1. The van der Waals surface area contributed by atoms with E-state index in [1.807, 2.05) is 6.92 Å². The summed E-state index contributed by atoms with van der Waals surface area (Å²) in [6.45, 7) is 5.07. The topological polar surface area (TPSA) is 75.4 Å². The van der Waals surface area contributed by atoms with Gasteiger partial charge in [-0.15, -0.1) is 12.4 Å². The zero-order chi connectivity index (χ0) is 11.6. The molecule has 1 amide bonds. The Bertz CT molecular complexity index is 386. The highest BCUT2D eigenvalue weighted by Crippen LogP contribution is 2.24. The average molecular weight is 245 g/mol. The Hall–Kier alpha value is -1.26. The van der Waals surface area contributed by atoms with E-state index in [0.29, 0.717) is 5.69 Å². The second-order valence-corrected chi connectivity index (χ2v) is 4.20. The zero-order valence-corrected chi connectivity index (χ0v) is 10.4. The molecule has 0 aliphatic rings. The lowest BCUT2D eigenvalue weighted by atomic mass is 10.1. The molecule has 4 nitrogen and oxygen atoms in total. The second-order valence-electron chi connectivity index (χ2n) is 4.20. The molecule has 0 aliphatic carbocycles. The molecule has 0 saturated heterocycles. The number of phenolic OH excluding ortho intramolecular Hbond substituents is 1. The number of aromatic hydroxyl groups is 1. The van der Waals surface area contributed by atoms with Crippen molar-refractivity contribution in [1.29, 1.82) is 0 Å². The minimum atomic E-state index is -0.961. The quantitative estimate of drug-likeness (QED) is 0.695. The van der Waals surface area contributed by atoms with Gasteiger partial charge in [0.15, 0.2) is 0 Å². The maximum Gasteiger partial charge on any atom is 0.243 e. The van der Waals surface area contributed by atoms with Crippen LogP contribution in [-0.2, 0) is 4.79 Å². The minimum Gasteiger partial charge on any atom is -0.506 e. The normalized spacial score (nSPS) is 10.5. The van der Waals surface area contributed by atoms with Crippen LogP contribution in [0, 0.1) is 6.92 Å². The van der Waals surface area contributed by atoms with Gasteiger partial charge in [0, 0.05) is 0 Å². The molecule has 1 rings (SSSR count). The maximum absolute atomic E-state index is 11.5. The summed E-state index contributed by atoms with van der Waals surface area (Å²) in [6.07, 6.45) is 0. The summed E-state index contributed by atoms with van der Waals surface area (Å²) in [7, 11) is 0. The number of carbonyl (C=O) groups is 1. The highest BCUT2D eigenvalue weighted by Gasteiger charge is 2.22. The van der Waals surface area contributed by atoms with Gasteiger partial charge in [0.25, 0.3) is 0 Å². The summed E-state index contributed by atoms with van der Waals surface area (Å²) in [4.78, 5) is 11.5. The Labute approximate surface area is 101 Å². The summed E-state index contributed by atoms with van der Waals surface area (Å²) >= 11 is 0. The monoisotopic (exact) mass is 244 g/mol. The van der Waals surface area contributed by atoms with Crippen molar-refractivity contribution in [3.05, 3.63) is 23.8 Å². The molecule has 0 aromatic heterocycles. The number of carbonyl (C=O) groups excluding carboxylic acids is 1. The number of hydrogen-bond acceptors (Lipinski definition) is 3. The van der Waals surface area contributed by atoms with Gasteiger partial charge in [-0.05, 0) is 38.5 Å². The first kappa shape index (κ1) is 14.7. The molecule has 90 valence electrons. The predicted octanol–water partition coefficient (Wildman–Crippen LogP) is 1.80. The van der Waals surface area contributed by atoms with Gasteiger partial charge in [-0.2, -0.15) is 0 Å². The molecular formula is C11H17ClN2O2. The highest BCUT2D eigenvalue weighted by atomic mass is 35.5. The van der Waals surface area contributed by atoms with Crippen LogP contribution in [-0.4, -0.2) is 16.6 Å². The molecular weight excluding hydrogens is 228 g/mol. The number of nitrogens with two attached hydrogens (primary N) is 1. The van der Waals surface area contributed by atoms with Crippen molar-refractivity contribution in [2.24, 2.45) is 5.73 Å². The summed E-state index contributed by atoms with van der Waals surface area (Å²) in [6, 6.07) is 5.03. The maximum atomic E-state index is 11.5. The molecule has 0 radical (unpaired) electrons. The molecule has 16 heavy (non-hydrogen) atoms. The van der Waals surface area contributed by atoms with Gasteiger partial charge in [-0.1, -0.05) is 6.07 Å². The van der Waals surface area contributed by atoms with Crippen molar-refractivity contribution < 1.29 is 9.90 Å². The fourth-order valence-corrected chi connectivity index (χ4v) is 1.03.